The summed E-state index contributed by atoms with van der Waals surface area (Å²) in [6, 6.07) is 0. The Kier molecular flexibility index (Phi) is 7.84. The van der Waals surface area contributed by atoms with E-state index in [0.717, 1.165) is 32.1 Å². The lowest BCUT2D eigenvalue weighted by Gasteiger charge is -2.56. The summed E-state index contributed by atoms with van der Waals surface area (Å²) in [4.78, 5) is 38.3. The molecule has 8 heteroatoms. The van der Waals surface area contributed by atoms with Crippen LogP contribution >= 0.6 is 0 Å². The second-order valence-electron chi connectivity index (χ2n) is 13.2. The molecule has 0 aromatic carbocycles. The molecular weight excluding hydrogens is 476 g/mol. The van der Waals surface area contributed by atoms with Crippen molar-refractivity contribution in [2.45, 2.75) is 122 Å². The molecule has 1 heterocycles. The zero-order chi connectivity index (χ0) is 27.2. The molecule has 0 spiro atoms. The van der Waals surface area contributed by atoms with Crippen molar-refractivity contribution < 1.29 is 38.1 Å². The Labute approximate surface area is 220 Å². The Hall–Kier alpha value is -1.93. The Morgan fingerprint density at radius 3 is 2.38 bits per heavy atom. The van der Waals surface area contributed by atoms with Gasteiger partial charge in [-0.15, -0.1) is 0 Å². The van der Waals surface area contributed by atoms with Crippen LogP contribution in [0.2, 0.25) is 0 Å². The van der Waals surface area contributed by atoms with Gasteiger partial charge in [0.2, 0.25) is 0 Å². The van der Waals surface area contributed by atoms with Gasteiger partial charge in [0.1, 0.15) is 17.8 Å². The Morgan fingerprint density at radius 1 is 1.00 bits per heavy atom. The van der Waals surface area contributed by atoms with Crippen LogP contribution in [0.3, 0.4) is 0 Å². The van der Waals surface area contributed by atoms with Crippen LogP contribution in [0, 0.1) is 23.7 Å². The molecule has 208 valence electrons. The molecule has 3 bridgehead atoms. The Morgan fingerprint density at radius 2 is 1.70 bits per heavy atom. The molecule has 37 heavy (non-hydrogen) atoms. The molecule has 3 saturated carbocycles. The van der Waals surface area contributed by atoms with Crippen molar-refractivity contribution in [2.24, 2.45) is 23.7 Å². The quantitative estimate of drug-likeness (QED) is 0.266. The third-order valence-electron chi connectivity index (χ3n) is 8.17. The van der Waals surface area contributed by atoms with Crippen molar-refractivity contribution in [3.8, 4) is 0 Å². The topological polar surface area (TPSA) is 97.4 Å². The first kappa shape index (κ1) is 28.1. The van der Waals surface area contributed by atoms with Gasteiger partial charge in [-0.05, 0) is 91.4 Å². The van der Waals surface area contributed by atoms with Gasteiger partial charge in [-0.1, -0.05) is 6.58 Å². The molecule has 0 aromatic heterocycles. The molecule has 1 aliphatic heterocycles. The van der Waals surface area contributed by atoms with Crippen LogP contribution in [0.4, 0.5) is 0 Å². The van der Waals surface area contributed by atoms with Gasteiger partial charge in [0, 0.05) is 18.4 Å². The molecule has 0 aromatic rings. The molecule has 4 aliphatic rings. The van der Waals surface area contributed by atoms with Crippen molar-refractivity contribution >= 4 is 17.9 Å². The summed E-state index contributed by atoms with van der Waals surface area (Å²) in [5.74, 6) is -0.996. The maximum absolute atomic E-state index is 13.5. The van der Waals surface area contributed by atoms with Gasteiger partial charge >= 0.3 is 17.9 Å². The van der Waals surface area contributed by atoms with Crippen LogP contribution in [0.15, 0.2) is 12.2 Å². The van der Waals surface area contributed by atoms with Gasteiger partial charge in [0.25, 0.3) is 0 Å². The van der Waals surface area contributed by atoms with E-state index in [1.165, 1.54) is 0 Å². The van der Waals surface area contributed by atoms with E-state index in [1.807, 2.05) is 20.8 Å². The summed E-state index contributed by atoms with van der Waals surface area (Å²) in [5.41, 5.74) is -0.799. The number of rotatable bonds is 7. The van der Waals surface area contributed by atoms with Crippen molar-refractivity contribution in [3.05, 3.63) is 12.2 Å². The standard InChI is InChI=1S/C29H44O8/c1-17(2)25(31)37-29-13-18-8-9-22(19(10-18)14-29)23(15-29)26(32)33-16-21-11-20(34-28(6,7)35-21)12-24(30)36-27(3,4)5/h18-23H,1,8-16H2,2-7H3. The Bertz CT molecular complexity index is 913. The second-order valence-corrected chi connectivity index (χ2v) is 13.2. The normalized spacial score (nSPS) is 36.4. The van der Waals surface area contributed by atoms with Gasteiger partial charge in [-0.2, -0.15) is 0 Å². The first-order valence-corrected chi connectivity index (χ1v) is 13.8. The highest BCUT2D eigenvalue weighted by Crippen LogP contribution is 2.58. The molecule has 1 saturated heterocycles. The van der Waals surface area contributed by atoms with Gasteiger partial charge in [0.05, 0.1) is 24.5 Å². The maximum Gasteiger partial charge on any atom is 0.333 e. The fraction of sp³-hybridized carbons (Fsp3) is 0.828. The fourth-order valence-electron chi connectivity index (χ4n) is 7.11. The average Bonchev–Trinajstić information content (AvgIpc) is 2.73. The largest absolute Gasteiger partial charge is 0.463 e. The summed E-state index contributed by atoms with van der Waals surface area (Å²) >= 11 is 0. The molecule has 3 aliphatic carbocycles. The minimum absolute atomic E-state index is 0.0888. The molecule has 4 fully saturated rings. The summed E-state index contributed by atoms with van der Waals surface area (Å²) in [7, 11) is 0. The van der Waals surface area contributed by atoms with E-state index in [9.17, 15) is 14.4 Å². The molecule has 0 N–H and O–H groups in total. The second kappa shape index (κ2) is 10.3. The van der Waals surface area contributed by atoms with E-state index >= 15 is 0 Å². The van der Waals surface area contributed by atoms with Crippen LogP contribution in [0.5, 0.6) is 0 Å². The number of carbonyl (C=O) groups is 3. The van der Waals surface area contributed by atoms with Crippen LogP contribution in [-0.4, -0.2) is 53.7 Å². The summed E-state index contributed by atoms with van der Waals surface area (Å²) < 4.78 is 29.3. The minimum atomic E-state index is -0.914. The predicted octanol–water partition coefficient (Wildman–Crippen LogP) is 4.88. The zero-order valence-electron chi connectivity index (χ0n) is 23.3. The lowest BCUT2D eigenvalue weighted by molar-refractivity contribution is -0.305. The summed E-state index contributed by atoms with van der Waals surface area (Å²) in [5, 5.41) is 0. The van der Waals surface area contributed by atoms with E-state index in [-0.39, 0.29) is 42.8 Å². The molecule has 4 rings (SSSR count). The van der Waals surface area contributed by atoms with E-state index in [1.54, 1.807) is 20.8 Å². The number of esters is 3. The van der Waals surface area contributed by atoms with Crippen molar-refractivity contribution in [1.82, 2.24) is 0 Å². The first-order chi connectivity index (χ1) is 17.1. The number of hydrogen-bond acceptors (Lipinski definition) is 8. The smallest absolute Gasteiger partial charge is 0.333 e. The highest BCUT2D eigenvalue weighted by atomic mass is 16.7. The third-order valence-corrected chi connectivity index (χ3v) is 8.17. The molecule has 7 unspecified atom stereocenters. The fourth-order valence-corrected chi connectivity index (χ4v) is 7.11. The van der Waals surface area contributed by atoms with E-state index < -0.39 is 29.2 Å². The van der Waals surface area contributed by atoms with Crippen molar-refractivity contribution in [3.63, 3.8) is 0 Å². The number of ether oxygens (including phenoxy) is 5. The Balaban J connectivity index is 1.39. The van der Waals surface area contributed by atoms with Crippen molar-refractivity contribution in [2.75, 3.05) is 6.61 Å². The minimum Gasteiger partial charge on any atom is -0.463 e. The molecule has 8 nitrogen and oxygen atoms in total. The highest BCUT2D eigenvalue weighted by Gasteiger charge is 2.57. The zero-order valence-corrected chi connectivity index (χ0v) is 23.3. The van der Waals surface area contributed by atoms with E-state index in [0.29, 0.717) is 30.3 Å². The van der Waals surface area contributed by atoms with Crippen LogP contribution < -0.4 is 0 Å². The summed E-state index contributed by atoms with van der Waals surface area (Å²) in [6.07, 6.45) is 5.04. The molecule has 0 radical (unpaired) electrons. The third kappa shape index (κ3) is 6.94. The van der Waals surface area contributed by atoms with Gasteiger partial charge < -0.3 is 23.7 Å². The molecule has 0 amide bonds. The molecular formula is C29H44O8. The predicted molar refractivity (Wildman–Crippen MR) is 135 cm³/mol. The van der Waals surface area contributed by atoms with Crippen LogP contribution in [0.1, 0.15) is 92.9 Å². The number of fused-ring (bicyclic) bond motifs is 2. The lowest BCUT2D eigenvalue weighted by atomic mass is 9.52. The molecule has 7 atom stereocenters. The first-order valence-electron chi connectivity index (χ1n) is 13.8. The summed E-state index contributed by atoms with van der Waals surface area (Å²) in [6.45, 7) is 14.6. The monoisotopic (exact) mass is 520 g/mol. The average molecular weight is 521 g/mol. The number of hydrogen-bond donors (Lipinski definition) is 0. The number of carbonyl (C=O) groups excluding carboxylic acids is 3. The van der Waals surface area contributed by atoms with Gasteiger partial charge in [-0.3, -0.25) is 9.59 Å². The van der Waals surface area contributed by atoms with E-state index in [2.05, 4.69) is 6.58 Å². The highest BCUT2D eigenvalue weighted by molar-refractivity contribution is 5.87. The van der Waals surface area contributed by atoms with Gasteiger partial charge in [-0.25, -0.2) is 4.79 Å². The lowest BCUT2D eigenvalue weighted by Crippen LogP contribution is -2.56. The SMILES string of the molecule is C=C(C)C(=O)OC12CC3CCC(C(C3)C1)C(C(=O)OCC1CC(CC(=O)OC(C)(C)C)OC(C)(C)O1)C2. The van der Waals surface area contributed by atoms with Gasteiger partial charge in [0.15, 0.2) is 5.79 Å². The van der Waals surface area contributed by atoms with Crippen LogP contribution in [-0.2, 0) is 38.1 Å². The van der Waals surface area contributed by atoms with Crippen molar-refractivity contribution in [1.29, 1.82) is 0 Å². The van der Waals surface area contributed by atoms with E-state index in [4.69, 9.17) is 23.7 Å². The maximum atomic E-state index is 13.5. The van der Waals surface area contributed by atoms with Crippen LogP contribution in [0.25, 0.3) is 0 Å².